The highest BCUT2D eigenvalue weighted by atomic mass is 16.4. The third-order valence-corrected chi connectivity index (χ3v) is 2.27. The fraction of sp³-hybridized carbons (Fsp3) is 0.667. The lowest BCUT2D eigenvalue weighted by atomic mass is 10.2. The third kappa shape index (κ3) is 3.50. The van der Waals surface area contributed by atoms with E-state index in [-0.39, 0.29) is 11.9 Å². The molecule has 1 unspecified atom stereocenters. The van der Waals surface area contributed by atoms with Gasteiger partial charge in [0, 0.05) is 20.0 Å². The van der Waals surface area contributed by atoms with E-state index in [1.54, 1.807) is 11.0 Å². The van der Waals surface area contributed by atoms with Crippen molar-refractivity contribution >= 4 is 5.84 Å². The van der Waals surface area contributed by atoms with Crippen LogP contribution in [0.15, 0.2) is 11.5 Å². The van der Waals surface area contributed by atoms with Crippen LogP contribution in [-0.4, -0.2) is 38.4 Å². The molecule has 0 aliphatic carbocycles. The second-order valence-electron chi connectivity index (χ2n) is 3.52. The Balaban J connectivity index is 2.34. The van der Waals surface area contributed by atoms with Gasteiger partial charge in [-0.1, -0.05) is 12.1 Å². The molecule has 0 saturated heterocycles. The molecular weight excluding hydrogens is 208 g/mol. The molecule has 0 saturated carbocycles. The van der Waals surface area contributed by atoms with Crippen molar-refractivity contribution in [2.75, 3.05) is 6.54 Å². The van der Waals surface area contributed by atoms with Crippen molar-refractivity contribution in [3.63, 3.8) is 0 Å². The molecule has 0 amide bonds. The number of hydrogen-bond donors (Lipinski definition) is 3. The van der Waals surface area contributed by atoms with Gasteiger partial charge in [-0.05, 0) is 6.42 Å². The normalized spacial score (nSPS) is 14.0. The van der Waals surface area contributed by atoms with Crippen molar-refractivity contribution in [3.05, 3.63) is 12.2 Å². The van der Waals surface area contributed by atoms with Gasteiger partial charge >= 0.3 is 0 Å². The molecule has 0 radical (unpaired) electrons. The zero-order valence-electron chi connectivity index (χ0n) is 9.59. The van der Waals surface area contributed by atoms with Crippen molar-refractivity contribution < 1.29 is 5.21 Å². The molecule has 0 aromatic carbocycles. The third-order valence-electron chi connectivity index (χ3n) is 2.27. The number of rotatable bonds is 6. The Labute approximate surface area is 94.3 Å². The van der Waals surface area contributed by atoms with Gasteiger partial charge in [0.25, 0.3) is 0 Å². The predicted molar refractivity (Wildman–Crippen MR) is 60.2 cm³/mol. The number of amidine groups is 1. The highest BCUT2D eigenvalue weighted by Gasteiger charge is 2.10. The average molecular weight is 226 g/mol. The summed E-state index contributed by atoms with van der Waals surface area (Å²) in [4.78, 5) is 4.10. The number of hydrogen-bond acceptors (Lipinski definition) is 5. The van der Waals surface area contributed by atoms with Gasteiger partial charge in [0.1, 0.15) is 6.33 Å². The van der Waals surface area contributed by atoms with Gasteiger partial charge in [0.2, 0.25) is 0 Å². The Kier molecular flexibility index (Phi) is 4.71. The first kappa shape index (κ1) is 12.4. The summed E-state index contributed by atoms with van der Waals surface area (Å²) >= 11 is 0. The van der Waals surface area contributed by atoms with Gasteiger partial charge in [-0.2, -0.15) is 5.10 Å². The summed E-state index contributed by atoms with van der Waals surface area (Å²) in [7, 11) is 1.83. The minimum Gasteiger partial charge on any atom is -0.409 e. The molecule has 7 heteroatoms. The summed E-state index contributed by atoms with van der Waals surface area (Å²) < 4.78 is 1.66. The van der Waals surface area contributed by atoms with E-state index in [2.05, 4.69) is 20.6 Å². The van der Waals surface area contributed by atoms with E-state index in [4.69, 9.17) is 10.9 Å². The van der Waals surface area contributed by atoms with Gasteiger partial charge < -0.3 is 16.3 Å². The van der Waals surface area contributed by atoms with Crippen LogP contribution in [0.3, 0.4) is 0 Å². The van der Waals surface area contributed by atoms with Crippen molar-refractivity contribution in [2.24, 2.45) is 17.9 Å². The van der Waals surface area contributed by atoms with Crippen LogP contribution in [0.25, 0.3) is 0 Å². The molecule has 0 bridgehead atoms. The maximum atomic E-state index is 8.55. The fourth-order valence-corrected chi connectivity index (χ4v) is 1.38. The molecule has 90 valence electrons. The highest BCUT2D eigenvalue weighted by Crippen LogP contribution is 1.93. The largest absolute Gasteiger partial charge is 0.409 e. The van der Waals surface area contributed by atoms with Crippen LogP contribution < -0.4 is 11.1 Å². The molecule has 1 rings (SSSR count). The maximum absolute atomic E-state index is 8.55. The van der Waals surface area contributed by atoms with Crippen LogP contribution in [-0.2, 0) is 13.5 Å². The summed E-state index contributed by atoms with van der Waals surface area (Å²) in [5.74, 6) is 0.987. The lowest BCUT2D eigenvalue weighted by Crippen LogP contribution is -2.41. The highest BCUT2D eigenvalue weighted by molar-refractivity contribution is 5.85. The van der Waals surface area contributed by atoms with E-state index in [0.717, 1.165) is 18.7 Å². The second kappa shape index (κ2) is 6.06. The SMILES string of the molecule is CCC(NCCc1ncn(C)n1)C(N)=NO. The molecule has 0 spiro atoms. The molecule has 7 nitrogen and oxygen atoms in total. The minimum absolute atomic E-state index is 0.103. The van der Waals surface area contributed by atoms with Gasteiger partial charge in [0.05, 0.1) is 6.04 Å². The van der Waals surface area contributed by atoms with E-state index in [9.17, 15) is 0 Å². The Morgan fingerprint density at radius 3 is 3.00 bits per heavy atom. The van der Waals surface area contributed by atoms with E-state index in [0.29, 0.717) is 6.54 Å². The topological polar surface area (TPSA) is 101 Å². The molecule has 16 heavy (non-hydrogen) atoms. The Bertz CT molecular complexity index is 348. The summed E-state index contributed by atoms with van der Waals surface area (Å²) in [5.41, 5.74) is 5.51. The molecule has 0 aliphatic heterocycles. The van der Waals surface area contributed by atoms with Crippen molar-refractivity contribution in [1.29, 1.82) is 0 Å². The summed E-state index contributed by atoms with van der Waals surface area (Å²) in [6, 6.07) is -0.103. The van der Waals surface area contributed by atoms with Gasteiger partial charge in [-0.3, -0.25) is 4.68 Å². The van der Waals surface area contributed by atoms with Gasteiger partial charge in [-0.15, -0.1) is 0 Å². The van der Waals surface area contributed by atoms with E-state index >= 15 is 0 Å². The van der Waals surface area contributed by atoms with E-state index in [1.165, 1.54) is 0 Å². The standard InChI is InChI=1S/C9H18N6O/c1-3-7(9(10)14-16)11-5-4-8-12-6-15(2)13-8/h6-7,11,16H,3-5H2,1-2H3,(H2,10,14). The molecule has 1 heterocycles. The smallest absolute Gasteiger partial charge is 0.156 e. The molecule has 1 aromatic rings. The van der Waals surface area contributed by atoms with Gasteiger partial charge in [0.15, 0.2) is 11.7 Å². The number of aryl methyl sites for hydroxylation is 1. The second-order valence-corrected chi connectivity index (χ2v) is 3.52. The number of nitrogens with zero attached hydrogens (tertiary/aromatic N) is 4. The quantitative estimate of drug-likeness (QED) is 0.262. The monoisotopic (exact) mass is 226 g/mol. The zero-order chi connectivity index (χ0) is 12.0. The lowest BCUT2D eigenvalue weighted by Gasteiger charge is -2.14. The number of nitrogens with two attached hydrogens (primary N) is 1. The Hall–Kier alpha value is -1.63. The zero-order valence-corrected chi connectivity index (χ0v) is 9.59. The van der Waals surface area contributed by atoms with Crippen molar-refractivity contribution in [2.45, 2.75) is 25.8 Å². The number of nitrogens with one attached hydrogen (secondary N) is 1. The van der Waals surface area contributed by atoms with Gasteiger partial charge in [-0.25, -0.2) is 4.98 Å². The van der Waals surface area contributed by atoms with Crippen molar-refractivity contribution in [1.82, 2.24) is 20.1 Å². The molecular formula is C9H18N6O. The van der Waals surface area contributed by atoms with Crippen LogP contribution in [0.2, 0.25) is 0 Å². The summed E-state index contributed by atoms with van der Waals surface area (Å²) in [5, 5.41) is 18.9. The number of oxime groups is 1. The van der Waals surface area contributed by atoms with Crippen LogP contribution in [0.1, 0.15) is 19.2 Å². The Morgan fingerprint density at radius 1 is 1.75 bits per heavy atom. The molecule has 0 aliphatic rings. The molecule has 4 N–H and O–H groups in total. The summed E-state index contributed by atoms with van der Waals surface area (Å²) in [6.45, 7) is 2.66. The average Bonchev–Trinajstić information content (AvgIpc) is 2.69. The van der Waals surface area contributed by atoms with E-state index in [1.807, 2.05) is 14.0 Å². The van der Waals surface area contributed by atoms with Crippen LogP contribution >= 0.6 is 0 Å². The number of aromatic nitrogens is 3. The first-order chi connectivity index (χ1) is 7.67. The fourth-order valence-electron chi connectivity index (χ4n) is 1.38. The van der Waals surface area contributed by atoms with Crippen LogP contribution in [0.4, 0.5) is 0 Å². The lowest BCUT2D eigenvalue weighted by molar-refractivity contribution is 0.314. The summed E-state index contributed by atoms with van der Waals surface area (Å²) in [6.07, 6.45) is 3.15. The van der Waals surface area contributed by atoms with Crippen molar-refractivity contribution in [3.8, 4) is 0 Å². The first-order valence-electron chi connectivity index (χ1n) is 5.22. The minimum atomic E-state index is -0.103. The molecule has 1 atom stereocenters. The maximum Gasteiger partial charge on any atom is 0.156 e. The van der Waals surface area contributed by atoms with Crippen LogP contribution in [0.5, 0.6) is 0 Å². The Morgan fingerprint density at radius 2 is 2.50 bits per heavy atom. The molecule has 1 aromatic heterocycles. The molecule has 0 fully saturated rings. The first-order valence-corrected chi connectivity index (χ1v) is 5.22. The van der Waals surface area contributed by atoms with Crippen LogP contribution in [0, 0.1) is 0 Å². The van der Waals surface area contributed by atoms with E-state index < -0.39 is 0 Å². The predicted octanol–water partition coefficient (Wildman–Crippen LogP) is -0.528.